The van der Waals surface area contributed by atoms with E-state index < -0.39 is 0 Å². The number of likely N-dealkylation sites (tertiary alicyclic amines) is 1. The number of hydrogen-bond acceptors (Lipinski definition) is 4. The first-order valence-electron chi connectivity index (χ1n) is 7.06. The second kappa shape index (κ2) is 5.99. The van der Waals surface area contributed by atoms with Gasteiger partial charge in [0.05, 0.1) is 0 Å². The van der Waals surface area contributed by atoms with Crippen LogP contribution in [0.3, 0.4) is 0 Å². The molecular formula is C15H26N4. The van der Waals surface area contributed by atoms with Gasteiger partial charge in [0.1, 0.15) is 0 Å². The molecule has 1 aliphatic heterocycles. The second-order valence-electron chi connectivity index (χ2n) is 6.05. The standard InChI is InChI=1S/C15H26N4/c1-11-9-19(10-14(11)18(3)4)15(12(2)16)13-5-7-17-8-6-13/h5-8,11-12,14-15H,9-10,16H2,1-4H3. The molecule has 4 heteroatoms. The zero-order valence-corrected chi connectivity index (χ0v) is 12.5. The molecule has 4 unspecified atom stereocenters. The van der Waals surface area contributed by atoms with Crippen molar-refractivity contribution in [3.8, 4) is 0 Å². The lowest BCUT2D eigenvalue weighted by atomic mass is 10.0. The van der Waals surface area contributed by atoms with E-state index in [0.29, 0.717) is 12.0 Å². The van der Waals surface area contributed by atoms with Gasteiger partial charge in [0.15, 0.2) is 0 Å². The maximum Gasteiger partial charge on any atom is 0.0498 e. The highest BCUT2D eigenvalue weighted by Crippen LogP contribution is 2.30. The van der Waals surface area contributed by atoms with E-state index in [2.05, 4.69) is 54.9 Å². The third-order valence-electron chi connectivity index (χ3n) is 4.20. The summed E-state index contributed by atoms with van der Waals surface area (Å²) >= 11 is 0. The molecule has 2 heterocycles. The van der Waals surface area contributed by atoms with Crippen LogP contribution < -0.4 is 5.73 Å². The fourth-order valence-corrected chi connectivity index (χ4v) is 3.29. The third kappa shape index (κ3) is 3.14. The highest BCUT2D eigenvalue weighted by atomic mass is 15.3. The summed E-state index contributed by atoms with van der Waals surface area (Å²) in [4.78, 5) is 8.96. The minimum absolute atomic E-state index is 0.121. The van der Waals surface area contributed by atoms with E-state index in [1.54, 1.807) is 0 Å². The van der Waals surface area contributed by atoms with Crippen molar-refractivity contribution in [1.82, 2.24) is 14.8 Å². The molecule has 4 atom stereocenters. The van der Waals surface area contributed by atoms with Gasteiger partial charge in [-0.3, -0.25) is 9.88 Å². The van der Waals surface area contributed by atoms with Crippen LogP contribution in [-0.2, 0) is 0 Å². The summed E-state index contributed by atoms with van der Waals surface area (Å²) < 4.78 is 0. The van der Waals surface area contributed by atoms with Gasteiger partial charge in [0.2, 0.25) is 0 Å². The fourth-order valence-electron chi connectivity index (χ4n) is 3.29. The summed E-state index contributed by atoms with van der Waals surface area (Å²) in [5.74, 6) is 0.679. The summed E-state index contributed by atoms with van der Waals surface area (Å²) in [7, 11) is 4.33. The highest BCUT2D eigenvalue weighted by Gasteiger charge is 2.36. The van der Waals surface area contributed by atoms with Gasteiger partial charge >= 0.3 is 0 Å². The Hall–Kier alpha value is -0.970. The minimum atomic E-state index is 0.121. The summed E-state index contributed by atoms with van der Waals surface area (Å²) in [5.41, 5.74) is 7.51. The maximum absolute atomic E-state index is 6.24. The first-order valence-corrected chi connectivity index (χ1v) is 7.06. The fraction of sp³-hybridized carbons (Fsp3) is 0.667. The lowest BCUT2D eigenvalue weighted by molar-refractivity contribution is 0.197. The van der Waals surface area contributed by atoms with E-state index in [4.69, 9.17) is 5.73 Å². The van der Waals surface area contributed by atoms with Gasteiger partial charge in [0, 0.05) is 43.6 Å². The molecular weight excluding hydrogens is 236 g/mol. The molecule has 1 aromatic rings. The summed E-state index contributed by atoms with van der Waals surface area (Å²) in [5, 5.41) is 0. The molecule has 0 saturated carbocycles. The molecule has 0 aromatic carbocycles. The molecule has 0 amide bonds. The van der Waals surface area contributed by atoms with Gasteiger partial charge < -0.3 is 10.6 Å². The summed E-state index contributed by atoms with van der Waals surface area (Å²) in [6.07, 6.45) is 3.71. The van der Waals surface area contributed by atoms with Crippen LogP contribution in [0.1, 0.15) is 25.5 Å². The van der Waals surface area contributed by atoms with Crippen molar-refractivity contribution in [2.24, 2.45) is 11.7 Å². The van der Waals surface area contributed by atoms with Crippen molar-refractivity contribution in [3.05, 3.63) is 30.1 Å². The Labute approximate surface area is 116 Å². The Morgan fingerprint density at radius 1 is 1.32 bits per heavy atom. The van der Waals surface area contributed by atoms with E-state index in [1.165, 1.54) is 5.56 Å². The lowest BCUT2D eigenvalue weighted by Gasteiger charge is -2.31. The molecule has 19 heavy (non-hydrogen) atoms. The van der Waals surface area contributed by atoms with E-state index in [0.717, 1.165) is 13.1 Å². The number of pyridine rings is 1. The minimum Gasteiger partial charge on any atom is -0.326 e. The maximum atomic E-state index is 6.24. The normalized spacial score (nSPS) is 27.7. The summed E-state index contributed by atoms with van der Waals surface area (Å²) in [6, 6.07) is 5.19. The van der Waals surface area contributed by atoms with E-state index in [-0.39, 0.29) is 12.1 Å². The third-order valence-corrected chi connectivity index (χ3v) is 4.20. The number of nitrogens with zero attached hydrogens (tertiary/aromatic N) is 3. The van der Waals surface area contributed by atoms with Crippen LogP contribution >= 0.6 is 0 Å². The number of likely N-dealkylation sites (N-methyl/N-ethyl adjacent to an activating group) is 1. The van der Waals surface area contributed by atoms with Crippen molar-refractivity contribution >= 4 is 0 Å². The molecule has 0 spiro atoms. The first kappa shape index (κ1) is 14.4. The van der Waals surface area contributed by atoms with E-state index in [1.807, 2.05) is 12.4 Å². The second-order valence-corrected chi connectivity index (χ2v) is 6.05. The molecule has 0 aliphatic carbocycles. The number of rotatable bonds is 4. The number of hydrogen-bond donors (Lipinski definition) is 1. The Morgan fingerprint density at radius 2 is 1.95 bits per heavy atom. The summed E-state index contributed by atoms with van der Waals surface area (Å²) in [6.45, 7) is 6.62. The lowest BCUT2D eigenvalue weighted by Crippen LogP contribution is -2.40. The van der Waals surface area contributed by atoms with Gasteiger partial charge in [-0.25, -0.2) is 0 Å². The van der Waals surface area contributed by atoms with Gasteiger partial charge in [-0.2, -0.15) is 0 Å². The zero-order chi connectivity index (χ0) is 14.0. The van der Waals surface area contributed by atoms with Gasteiger partial charge in [-0.15, -0.1) is 0 Å². The molecule has 1 aromatic heterocycles. The molecule has 1 fully saturated rings. The largest absolute Gasteiger partial charge is 0.326 e. The molecule has 106 valence electrons. The van der Waals surface area contributed by atoms with E-state index >= 15 is 0 Å². The molecule has 1 aliphatic rings. The van der Waals surface area contributed by atoms with Gasteiger partial charge in [-0.05, 0) is 44.6 Å². The predicted octanol–water partition coefficient (Wildman–Crippen LogP) is 1.35. The van der Waals surface area contributed by atoms with E-state index in [9.17, 15) is 0 Å². The quantitative estimate of drug-likeness (QED) is 0.890. The van der Waals surface area contributed by atoms with Crippen LogP contribution in [0.15, 0.2) is 24.5 Å². The van der Waals surface area contributed by atoms with Crippen LogP contribution in [0, 0.1) is 5.92 Å². The highest BCUT2D eigenvalue weighted by molar-refractivity contribution is 5.18. The first-order chi connectivity index (χ1) is 9.00. The van der Waals surface area contributed by atoms with Crippen molar-refractivity contribution in [1.29, 1.82) is 0 Å². The van der Waals surface area contributed by atoms with Crippen LogP contribution in [0.2, 0.25) is 0 Å². The Balaban J connectivity index is 2.18. The smallest absolute Gasteiger partial charge is 0.0498 e. The van der Waals surface area contributed by atoms with Crippen LogP contribution in [0.5, 0.6) is 0 Å². The average molecular weight is 262 g/mol. The van der Waals surface area contributed by atoms with Crippen molar-refractivity contribution in [3.63, 3.8) is 0 Å². The van der Waals surface area contributed by atoms with Crippen molar-refractivity contribution in [2.75, 3.05) is 27.2 Å². The van der Waals surface area contributed by atoms with Gasteiger partial charge in [-0.1, -0.05) is 6.92 Å². The number of aromatic nitrogens is 1. The molecule has 0 bridgehead atoms. The predicted molar refractivity (Wildman–Crippen MR) is 78.8 cm³/mol. The zero-order valence-electron chi connectivity index (χ0n) is 12.5. The van der Waals surface area contributed by atoms with Crippen LogP contribution in [-0.4, -0.2) is 54.1 Å². The Morgan fingerprint density at radius 3 is 2.42 bits per heavy atom. The monoisotopic (exact) mass is 262 g/mol. The van der Waals surface area contributed by atoms with Gasteiger partial charge in [0.25, 0.3) is 0 Å². The topological polar surface area (TPSA) is 45.4 Å². The number of nitrogens with two attached hydrogens (primary N) is 1. The Kier molecular flexibility index (Phi) is 4.55. The van der Waals surface area contributed by atoms with Crippen LogP contribution in [0.25, 0.3) is 0 Å². The molecule has 0 radical (unpaired) electrons. The molecule has 2 N–H and O–H groups in total. The Bertz CT molecular complexity index is 390. The molecule has 1 saturated heterocycles. The van der Waals surface area contributed by atoms with Crippen molar-refractivity contribution in [2.45, 2.75) is 32.0 Å². The average Bonchev–Trinajstić information content (AvgIpc) is 2.72. The molecule has 2 rings (SSSR count). The van der Waals surface area contributed by atoms with Crippen LogP contribution in [0.4, 0.5) is 0 Å². The SMILES string of the molecule is CC(N)C(c1ccncc1)N1CC(C)C(N(C)C)C1. The van der Waals surface area contributed by atoms with Crippen molar-refractivity contribution < 1.29 is 0 Å². The molecule has 4 nitrogen and oxygen atoms in total.